The number of carbonyl (C=O) groups excluding carboxylic acids is 2. The van der Waals surface area contributed by atoms with Crippen molar-refractivity contribution < 1.29 is 22.7 Å². The van der Waals surface area contributed by atoms with Crippen molar-refractivity contribution in [3.63, 3.8) is 0 Å². The predicted octanol–water partition coefficient (Wildman–Crippen LogP) is 3.74. The summed E-state index contributed by atoms with van der Waals surface area (Å²) in [7, 11) is -3.67. The molecule has 1 N–H and O–H groups in total. The zero-order chi connectivity index (χ0) is 22.4. The van der Waals surface area contributed by atoms with Crippen LogP contribution in [0.15, 0.2) is 53.4 Å². The highest BCUT2D eigenvalue weighted by molar-refractivity contribution is 7.89. The second-order valence-electron chi connectivity index (χ2n) is 7.63. The molecule has 1 heterocycles. The van der Waals surface area contributed by atoms with Crippen molar-refractivity contribution in [1.29, 1.82) is 0 Å². The van der Waals surface area contributed by atoms with Crippen molar-refractivity contribution in [3.8, 4) is 0 Å². The Morgan fingerprint density at radius 3 is 2.39 bits per heavy atom. The van der Waals surface area contributed by atoms with Gasteiger partial charge in [0.2, 0.25) is 15.9 Å². The average Bonchev–Trinajstić information content (AvgIpc) is 2.75. The number of nitrogens with one attached hydrogen (secondary N) is 1. The van der Waals surface area contributed by atoms with Crippen LogP contribution in [0, 0.1) is 6.92 Å². The SMILES string of the molecule is CCOC(=O)c1ccc(NC(=O)C[C@H]2CCCCN2S(=O)(=O)c2ccc(C)cc2)cc1. The van der Waals surface area contributed by atoms with E-state index in [0.717, 1.165) is 18.4 Å². The number of rotatable bonds is 7. The number of amides is 1. The molecule has 0 saturated carbocycles. The summed E-state index contributed by atoms with van der Waals surface area (Å²) in [5.74, 6) is -0.681. The van der Waals surface area contributed by atoms with E-state index in [1.165, 1.54) is 4.31 Å². The van der Waals surface area contributed by atoms with Crippen molar-refractivity contribution in [1.82, 2.24) is 4.31 Å². The van der Waals surface area contributed by atoms with Gasteiger partial charge >= 0.3 is 5.97 Å². The third kappa shape index (κ3) is 5.71. The highest BCUT2D eigenvalue weighted by Gasteiger charge is 2.34. The molecule has 0 radical (unpaired) electrons. The maximum absolute atomic E-state index is 13.2. The van der Waals surface area contributed by atoms with E-state index in [0.29, 0.717) is 30.8 Å². The van der Waals surface area contributed by atoms with E-state index >= 15 is 0 Å². The topological polar surface area (TPSA) is 92.8 Å². The van der Waals surface area contributed by atoms with E-state index in [1.807, 2.05) is 6.92 Å². The molecule has 1 aliphatic heterocycles. The van der Waals surface area contributed by atoms with Crippen molar-refractivity contribution in [2.24, 2.45) is 0 Å². The Balaban J connectivity index is 1.67. The number of esters is 1. The maximum Gasteiger partial charge on any atom is 0.338 e. The molecule has 1 amide bonds. The fourth-order valence-electron chi connectivity index (χ4n) is 3.67. The lowest BCUT2D eigenvalue weighted by molar-refractivity contribution is -0.117. The summed E-state index contributed by atoms with van der Waals surface area (Å²) in [5.41, 5.74) is 1.94. The van der Waals surface area contributed by atoms with Gasteiger partial charge < -0.3 is 10.1 Å². The molecule has 0 spiro atoms. The van der Waals surface area contributed by atoms with E-state index in [2.05, 4.69) is 5.32 Å². The first kappa shape index (κ1) is 23.0. The first-order valence-electron chi connectivity index (χ1n) is 10.5. The van der Waals surface area contributed by atoms with Gasteiger partial charge in [-0.25, -0.2) is 13.2 Å². The molecule has 1 saturated heterocycles. The summed E-state index contributed by atoms with van der Waals surface area (Å²) in [6.07, 6.45) is 2.37. The highest BCUT2D eigenvalue weighted by Crippen LogP contribution is 2.27. The van der Waals surface area contributed by atoms with Crippen LogP contribution in [-0.2, 0) is 19.6 Å². The summed E-state index contributed by atoms with van der Waals surface area (Å²) in [6, 6.07) is 12.8. The van der Waals surface area contributed by atoms with Crippen LogP contribution in [-0.4, -0.2) is 43.8 Å². The van der Waals surface area contributed by atoms with Crippen molar-refractivity contribution in [3.05, 3.63) is 59.7 Å². The Labute approximate surface area is 183 Å². The second-order valence-corrected chi connectivity index (χ2v) is 9.52. The van der Waals surface area contributed by atoms with E-state index in [-0.39, 0.29) is 23.3 Å². The fourth-order valence-corrected chi connectivity index (χ4v) is 5.36. The van der Waals surface area contributed by atoms with Crippen LogP contribution in [0.4, 0.5) is 5.69 Å². The van der Waals surface area contributed by atoms with Crippen LogP contribution < -0.4 is 5.32 Å². The van der Waals surface area contributed by atoms with Gasteiger partial charge in [0.05, 0.1) is 17.1 Å². The number of anilines is 1. The molecular formula is C23H28N2O5S. The Bertz CT molecular complexity index is 1020. The number of hydrogen-bond donors (Lipinski definition) is 1. The van der Waals surface area contributed by atoms with Crippen LogP contribution in [0.25, 0.3) is 0 Å². The minimum atomic E-state index is -3.67. The molecule has 7 nitrogen and oxygen atoms in total. The van der Waals surface area contributed by atoms with E-state index < -0.39 is 16.0 Å². The highest BCUT2D eigenvalue weighted by atomic mass is 32.2. The van der Waals surface area contributed by atoms with Crippen LogP contribution in [0.3, 0.4) is 0 Å². The summed E-state index contributed by atoms with van der Waals surface area (Å²) < 4.78 is 32.7. The number of nitrogens with zero attached hydrogens (tertiary/aromatic N) is 1. The minimum Gasteiger partial charge on any atom is -0.462 e. The van der Waals surface area contributed by atoms with E-state index in [1.54, 1.807) is 55.5 Å². The molecule has 0 aliphatic carbocycles. The average molecular weight is 445 g/mol. The van der Waals surface area contributed by atoms with Gasteiger partial charge in [0, 0.05) is 24.7 Å². The lowest BCUT2D eigenvalue weighted by Crippen LogP contribution is -2.45. The van der Waals surface area contributed by atoms with Gasteiger partial charge in [-0.05, 0) is 63.1 Å². The van der Waals surface area contributed by atoms with Gasteiger partial charge in [0.15, 0.2) is 0 Å². The molecule has 8 heteroatoms. The summed E-state index contributed by atoms with van der Waals surface area (Å²) in [4.78, 5) is 24.6. The molecule has 2 aromatic carbocycles. The number of sulfonamides is 1. The van der Waals surface area contributed by atoms with Crippen molar-refractivity contribution >= 4 is 27.6 Å². The third-order valence-electron chi connectivity index (χ3n) is 5.30. The summed E-state index contributed by atoms with van der Waals surface area (Å²) >= 11 is 0. The molecule has 0 aromatic heterocycles. The van der Waals surface area contributed by atoms with Crippen LogP contribution in [0.5, 0.6) is 0 Å². The fraction of sp³-hybridized carbons (Fsp3) is 0.391. The molecule has 166 valence electrons. The zero-order valence-electron chi connectivity index (χ0n) is 17.8. The van der Waals surface area contributed by atoms with E-state index in [4.69, 9.17) is 4.74 Å². The normalized spacial score (nSPS) is 17.2. The molecule has 0 unspecified atom stereocenters. The Morgan fingerprint density at radius 1 is 1.06 bits per heavy atom. The standard InChI is InChI=1S/C23H28N2O5S/c1-3-30-23(27)18-9-11-19(12-10-18)24-22(26)16-20-6-4-5-15-25(20)31(28,29)21-13-7-17(2)8-14-21/h7-14,20H,3-6,15-16H2,1-2H3,(H,24,26)/t20-/m1/s1. The largest absolute Gasteiger partial charge is 0.462 e. The third-order valence-corrected chi connectivity index (χ3v) is 7.27. The van der Waals surface area contributed by atoms with Crippen LogP contribution in [0.2, 0.25) is 0 Å². The molecule has 31 heavy (non-hydrogen) atoms. The van der Waals surface area contributed by atoms with Gasteiger partial charge in [0.25, 0.3) is 0 Å². The first-order chi connectivity index (χ1) is 14.8. The lowest BCUT2D eigenvalue weighted by Gasteiger charge is -2.34. The molecule has 1 atom stereocenters. The van der Waals surface area contributed by atoms with Gasteiger partial charge in [-0.15, -0.1) is 0 Å². The van der Waals surface area contributed by atoms with Crippen molar-refractivity contribution in [2.75, 3.05) is 18.5 Å². The number of benzene rings is 2. The predicted molar refractivity (Wildman–Crippen MR) is 118 cm³/mol. The van der Waals surface area contributed by atoms with Gasteiger partial charge in [-0.1, -0.05) is 24.1 Å². The Kier molecular flexibility index (Phi) is 7.46. The van der Waals surface area contributed by atoms with Crippen LogP contribution in [0.1, 0.15) is 48.5 Å². The number of carbonyl (C=O) groups is 2. The number of ether oxygens (including phenoxy) is 1. The van der Waals surface area contributed by atoms with Gasteiger partial charge in [0.1, 0.15) is 0 Å². The van der Waals surface area contributed by atoms with Gasteiger partial charge in [-0.2, -0.15) is 4.31 Å². The maximum atomic E-state index is 13.2. The number of hydrogen-bond acceptors (Lipinski definition) is 5. The Hall–Kier alpha value is -2.71. The van der Waals surface area contributed by atoms with Crippen LogP contribution >= 0.6 is 0 Å². The lowest BCUT2D eigenvalue weighted by atomic mass is 10.0. The summed E-state index contributed by atoms with van der Waals surface area (Å²) in [6.45, 7) is 4.34. The monoisotopic (exact) mass is 444 g/mol. The molecule has 3 rings (SSSR count). The first-order valence-corrected chi connectivity index (χ1v) is 11.9. The Morgan fingerprint density at radius 2 is 1.74 bits per heavy atom. The quantitative estimate of drug-likeness (QED) is 0.657. The second kappa shape index (κ2) is 10.1. The minimum absolute atomic E-state index is 0.0741. The zero-order valence-corrected chi connectivity index (χ0v) is 18.7. The van der Waals surface area contributed by atoms with Gasteiger partial charge in [-0.3, -0.25) is 4.79 Å². The summed E-state index contributed by atoms with van der Waals surface area (Å²) in [5, 5.41) is 2.79. The molecule has 1 aliphatic rings. The number of aryl methyl sites for hydroxylation is 1. The molecule has 2 aromatic rings. The molecule has 1 fully saturated rings. The smallest absolute Gasteiger partial charge is 0.338 e. The van der Waals surface area contributed by atoms with Crippen molar-refractivity contribution in [2.45, 2.75) is 50.5 Å². The molecule has 0 bridgehead atoms. The van der Waals surface area contributed by atoms with E-state index in [9.17, 15) is 18.0 Å². The molecular weight excluding hydrogens is 416 g/mol. The number of piperidine rings is 1.